The van der Waals surface area contributed by atoms with E-state index in [0.29, 0.717) is 6.61 Å². The Kier molecular flexibility index (Phi) is 3.85. The van der Waals surface area contributed by atoms with Crippen molar-refractivity contribution >= 4 is 5.97 Å². The molecule has 1 N–H and O–H groups in total. The van der Waals surface area contributed by atoms with Crippen molar-refractivity contribution in [1.29, 1.82) is 0 Å². The van der Waals surface area contributed by atoms with Crippen LogP contribution in [0.2, 0.25) is 0 Å². The van der Waals surface area contributed by atoms with Crippen molar-refractivity contribution in [2.45, 2.75) is 13.8 Å². The molecular weight excluding hydrogens is 194 g/mol. The molecule has 0 saturated carbocycles. The van der Waals surface area contributed by atoms with Gasteiger partial charge in [-0.05, 0) is 26.0 Å². The van der Waals surface area contributed by atoms with Crippen molar-refractivity contribution in [2.75, 3.05) is 6.61 Å². The predicted octanol–water partition coefficient (Wildman–Crippen LogP) is 2.04. The van der Waals surface area contributed by atoms with Gasteiger partial charge in [0.05, 0.1) is 0 Å². The summed E-state index contributed by atoms with van der Waals surface area (Å²) in [4.78, 5) is 14.9. The number of rotatable bonds is 4. The van der Waals surface area contributed by atoms with Crippen molar-refractivity contribution in [1.82, 2.24) is 4.98 Å². The number of ether oxygens (including phenoxy) is 1. The molecule has 0 fully saturated rings. The van der Waals surface area contributed by atoms with E-state index in [1.54, 1.807) is 19.1 Å². The molecule has 0 radical (unpaired) electrons. The Morgan fingerprint density at radius 2 is 2.33 bits per heavy atom. The maximum atomic E-state index is 10.8. The summed E-state index contributed by atoms with van der Waals surface area (Å²) in [5.74, 6) is -0.862. The maximum Gasteiger partial charge on any atom is 0.341 e. The Hall–Kier alpha value is -1.84. The molecule has 1 aromatic rings. The summed E-state index contributed by atoms with van der Waals surface area (Å²) in [6.07, 6.45) is 3.62. The van der Waals surface area contributed by atoms with E-state index in [9.17, 15) is 4.79 Å². The Morgan fingerprint density at radius 3 is 2.93 bits per heavy atom. The van der Waals surface area contributed by atoms with Gasteiger partial charge in [0.25, 0.3) is 0 Å². The minimum absolute atomic E-state index is 0.0881. The second-order valence-corrected chi connectivity index (χ2v) is 2.99. The van der Waals surface area contributed by atoms with Crippen molar-refractivity contribution < 1.29 is 14.6 Å². The van der Waals surface area contributed by atoms with E-state index >= 15 is 0 Å². The van der Waals surface area contributed by atoms with Crippen molar-refractivity contribution in [3.63, 3.8) is 0 Å². The molecule has 1 rings (SSSR count). The summed E-state index contributed by atoms with van der Waals surface area (Å²) in [7, 11) is 0. The maximum absolute atomic E-state index is 10.8. The van der Waals surface area contributed by atoms with Crippen LogP contribution in [0.1, 0.15) is 23.0 Å². The van der Waals surface area contributed by atoms with Crippen LogP contribution in [-0.4, -0.2) is 22.7 Å². The molecule has 0 aliphatic heterocycles. The van der Waals surface area contributed by atoms with Gasteiger partial charge in [0.1, 0.15) is 12.2 Å². The van der Waals surface area contributed by atoms with Crippen LogP contribution in [-0.2, 0) is 0 Å². The van der Waals surface area contributed by atoms with Crippen LogP contribution >= 0.6 is 0 Å². The van der Waals surface area contributed by atoms with Gasteiger partial charge < -0.3 is 9.84 Å². The molecule has 0 amide bonds. The molecule has 80 valence electrons. The Labute approximate surface area is 88.2 Å². The molecule has 4 heteroatoms. The zero-order valence-electron chi connectivity index (χ0n) is 8.73. The lowest BCUT2D eigenvalue weighted by atomic mass is 10.2. The third-order valence-electron chi connectivity index (χ3n) is 1.78. The van der Waals surface area contributed by atoms with E-state index in [1.165, 1.54) is 6.07 Å². The van der Waals surface area contributed by atoms with Crippen LogP contribution in [0.3, 0.4) is 0 Å². The standard InChI is InChI=1S/C11H13NO3/c1-3-4-7-15-10-9(11(13)14)6-5-8(2)12-10/h3-6H,7H2,1-2H3,(H,13,14). The van der Waals surface area contributed by atoms with Gasteiger partial charge in [-0.1, -0.05) is 12.2 Å². The number of hydrogen-bond acceptors (Lipinski definition) is 3. The van der Waals surface area contributed by atoms with Gasteiger partial charge >= 0.3 is 5.97 Å². The summed E-state index contributed by atoms with van der Waals surface area (Å²) < 4.78 is 5.24. The second kappa shape index (κ2) is 5.14. The number of carbonyl (C=O) groups is 1. The number of carboxylic acids is 1. The van der Waals surface area contributed by atoms with Gasteiger partial charge in [0, 0.05) is 5.69 Å². The minimum Gasteiger partial charge on any atom is -0.477 e. The monoisotopic (exact) mass is 207 g/mol. The van der Waals surface area contributed by atoms with Gasteiger partial charge in [-0.25, -0.2) is 9.78 Å². The van der Waals surface area contributed by atoms with Crippen molar-refractivity contribution in [2.24, 2.45) is 0 Å². The van der Waals surface area contributed by atoms with Crippen LogP contribution in [0.15, 0.2) is 24.3 Å². The fraction of sp³-hybridized carbons (Fsp3) is 0.273. The number of aromatic nitrogens is 1. The van der Waals surface area contributed by atoms with E-state index in [0.717, 1.165) is 5.69 Å². The topological polar surface area (TPSA) is 59.4 Å². The lowest BCUT2D eigenvalue weighted by Gasteiger charge is -2.06. The second-order valence-electron chi connectivity index (χ2n) is 2.99. The van der Waals surface area contributed by atoms with Gasteiger partial charge in [-0.3, -0.25) is 0 Å². The first-order valence-electron chi connectivity index (χ1n) is 4.60. The number of carboxylic acid groups (broad SMARTS) is 1. The number of nitrogens with zero attached hydrogens (tertiary/aromatic N) is 1. The first-order valence-corrected chi connectivity index (χ1v) is 4.60. The summed E-state index contributed by atoms with van der Waals surface area (Å²) in [5, 5.41) is 8.88. The Morgan fingerprint density at radius 1 is 1.60 bits per heavy atom. The number of aryl methyl sites for hydroxylation is 1. The van der Waals surface area contributed by atoms with E-state index in [1.807, 2.05) is 13.0 Å². The highest BCUT2D eigenvalue weighted by Crippen LogP contribution is 2.15. The summed E-state index contributed by atoms with van der Waals surface area (Å²) in [6.45, 7) is 3.98. The van der Waals surface area contributed by atoms with Crippen LogP contribution in [0, 0.1) is 6.92 Å². The third kappa shape index (κ3) is 3.09. The van der Waals surface area contributed by atoms with E-state index in [2.05, 4.69) is 4.98 Å². The molecular formula is C11H13NO3. The molecule has 0 saturated heterocycles. The van der Waals surface area contributed by atoms with Gasteiger partial charge in [0.2, 0.25) is 5.88 Å². The van der Waals surface area contributed by atoms with Crippen LogP contribution < -0.4 is 4.74 Å². The third-order valence-corrected chi connectivity index (χ3v) is 1.78. The first-order chi connectivity index (χ1) is 7.15. The van der Waals surface area contributed by atoms with Crippen LogP contribution in [0.25, 0.3) is 0 Å². The van der Waals surface area contributed by atoms with E-state index in [-0.39, 0.29) is 11.4 Å². The molecule has 0 bridgehead atoms. The Bertz CT molecular complexity index is 385. The largest absolute Gasteiger partial charge is 0.477 e. The fourth-order valence-electron chi connectivity index (χ4n) is 1.03. The average Bonchev–Trinajstić information content (AvgIpc) is 2.18. The lowest BCUT2D eigenvalue weighted by Crippen LogP contribution is -2.05. The summed E-state index contributed by atoms with van der Waals surface area (Å²) >= 11 is 0. The smallest absolute Gasteiger partial charge is 0.341 e. The Balaban J connectivity index is 2.91. The predicted molar refractivity (Wildman–Crippen MR) is 56.2 cm³/mol. The molecule has 0 aromatic carbocycles. The van der Waals surface area contributed by atoms with E-state index < -0.39 is 5.97 Å². The molecule has 15 heavy (non-hydrogen) atoms. The molecule has 0 aliphatic rings. The highest BCUT2D eigenvalue weighted by atomic mass is 16.5. The van der Waals surface area contributed by atoms with Crippen LogP contribution in [0.5, 0.6) is 5.88 Å². The highest BCUT2D eigenvalue weighted by molar-refractivity contribution is 5.90. The SMILES string of the molecule is CC=CCOc1nc(C)ccc1C(=O)O. The molecule has 0 aliphatic carbocycles. The zero-order valence-corrected chi connectivity index (χ0v) is 8.73. The molecule has 4 nitrogen and oxygen atoms in total. The molecule has 0 atom stereocenters. The van der Waals surface area contributed by atoms with Crippen molar-refractivity contribution in [3.8, 4) is 5.88 Å². The first kappa shape index (κ1) is 11.2. The molecule has 0 spiro atoms. The summed E-state index contributed by atoms with van der Waals surface area (Å²) in [6, 6.07) is 3.14. The van der Waals surface area contributed by atoms with Crippen molar-refractivity contribution in [3.05, 3.63) is 35.5 Å². The van der Waals surface area contributed by atoms with E-state index in [4.69, 9.17) is 9.84 Å². The summed E-state index contributed by atoms with van der Waals surface area (Å²) in [5.41, 5.74) is 0.820. The van der Waals surface area contributed by atoms with Gasteiger partial charge in [0.15, 0.2) is 0 Å². The average molecular weight is 207 g/mol. The van der Waals surface area contributed by atoms with Gasteiger partial charge in [-0.2, -0.15) is 0 Å². The number of pyridine rings is 1. The molecule has 1 aromatic heterocycles. The number of aromatic carboxylic acids is 1. The fourth-order valence-corrected chi connectivity index (χ4v) is 1.03. The molecule has 1 heterocycles. The quantitative estimate of drug-likeness (QED) is 0.767. The highest BCUT2D eigenvalue weighted by Gasteiger charge is 2.12. The lowest BCUT2D eigenvalue weighted by molar-refractivity contribution is 0.0692. The van der Waals surface area contributed by atoms with Crippen LogP contribution in [0.4, 0.5) is 0 Å². The molecule has 0 unspecified atom stereocenters. The zero-order chi connectivity index (χ0) is 11.3. The van der Waals surface area contributed by atoms with Gasteiger partial charge in [-0.15, -0.1) is 0 Å². The number of hydrogen-bond donors (Lipinski definition) is 1. The normalized spacial score (nSPS) is 10.5. The minimum atomic E-state index is -1.03. The number of allylic oxidation sites excluding steroid dienone is 1.